The molecule has 0 bridgehead atoms. The van der Waals surface area contributed by atoms with Gasteiger partial charge in [-0.3, -0.25) is 9.69 Å². The summed E-state index contributed by atoms with van der Waals surface area (Å²) in [5, 5.41) is 11.8. The molecule has 0 aliphatic carbocycles. The van der Waals surface area contributed by atoms with Crippen LogP contribution in [0.4, 0.5) is 0 Å². The quantitative estimate of drug-likeness (QED) is 0.597. The topological polar surface area (TPSA) is 61.8 Å². The molecule has 2 N–H and O–H groups in total. The molecule has 0 aliphatic rings. The molecule has 0 radical (unpaired) electrons. The standard InChI is InChI=1S/C12H26N2O3/c1-5-10(2)14(8-9-17-4)7-6-11(13-3)12(15)16/h10-11,13H,5-9H2,1-4H3,(H,15,16). The highest BCUT2D eigenvalue weighted by atomic mass is 16.5. The Morgan fingerprint density at radius 1 is 1.47 bits per heavy atom. The molecule has 102 valence electrons. The number of hydrogen-bond donors (Lipinski definition) is 2. The minimum atomic E-state index is -0.789. The second-order valence-corrected chi connectivity index (χ2v) is 4.25. The van der Waals surface area contributed by atoms with Crippen LogP contribution in [0.3, 0.4) is 0 Å². The number of likely N-dealkylation sites (N-methyl/N-ethyl adjacent to an activating group) is 1. The number of aliphatic carboxylic acids is 1. The first-order valence-corrected chi connectivity index (χ1v) is 6.19. The normalized spacial score (nSPS) is 14.9. The monoisotopic (exact) mass is 246 g/mol. The van der Waals surface area contributed by atoms with Gasteiger partial charge in [0.25, 0.3) is 0 Å². The Labute approximate surface area is 104 Å². The average Bonchev–Trinajstić information content (AvgIpc) is 2.32. The molecule has 0 amide bonds. The van der Waals surface area contributed by atoms with Gasteiger partial charge in [0.15, 0.2) is 0 Å². The van der Waals surface area contributed by atoms with Crippen LogP contribution in [0.2, 0.25) is 0 Å². The maximum absolute atomic E-state index is 10.9. The third-order valence-corrected chi connectivity index (χ3v) is 3.15. The van der Waals surface area contributed by atoms with Crippen molar-refractivity contribution in [1.82, 2.24) is 10.2 Å². The SMILES string of the molecule is CCC(C)N(CCOC)CCC(NC)C(=O)O. The summed E-state index contributed by atoms with van der Waals surface area (Å²) >= 11 is 0. The number of nitrogens with zero attached hydrogens (tertiary/aromatic N) is 1. The Morgan fingerprint density at radius 3 is 2.53 bits per heavy atom. The summed E-state index contributed by atoms with van der Waals surface area (Å²) in [4.78, 5) is 13.2. The van der Waals surface area contributed by atoms with Gasteiger partial charge in [0.05, 0.1) is 6.61 Å². The maximum Gasteiger partial charge on any atom is 0.320 e. The summed E-state index contributed by atoms with van der Waals surface area (Å²) < 4.78 is 5.07. The van der Waals surface area contributed by atoms with Gasteiger partial charge in [-0.15, -0.1) is 0 Å². The highest BCUT2D eigenvalue weighted by Gasteiger charge is 2.18. The molecule has 2 unspecified atom stereocenters. The third-order valence-electron chi connectivity index (χ3n) is 3.15. The lowest BCUT2D eigenvalue weighted by molar-refractivity contribution is -0.139. The molecule has 0 spiro atoms. The van der Waals surface area contributed by atoms with E-state index in [-0.39, 0.29) is 0 Å². The predicted molar refractivity (Wildman–Crippen MR) is 68.3 cm³/mol. The van der Waals surface area contributed by atoms with E-state index >= 15 is 0 Å². The number of hydrogen-bond acceptors (Lipinski definition) is 4. The predicted octanol–water partition coefficient (Wildman–Crippen LogP) is 0.796. The largest absolute Gasteiger partial charge is 0.480 e. The van der Waals surface area contributed by atoms with Gasteiger partial charge in [0.2, 0.25) is 0 Å². The van der Waals surface area contributed by atoms with Crippen LogP contribution in [0.25, 0.3) is 0 Å². The number of methoxy groups -OCH3 is 1. The zero-order valence-corrected chi connectivity index (χ0v) is 11.4. The number of rotatable bonds is 10. The molecule has 2 atom stereocenters. The first kappa shape index (κ1) is 16.4. The fraction of sp³-hybridized carbons (Fsp3) is 0.917. The molecule has 0 aromatic rings. The Bertz CT molecular complexity index is 212. The summed E-state index contributed by atoms with van der Waals surface area (Å²) in [7, 11) is 3.37. The zero-order chi connectivity index (χ0) is 13.3. The van der Waals surface area contributed by atoms with Crippen LogP contribution in [0, 0.1) is 0 Å². The van der Waals surface area contributed by atoms with Crippen molar-refractivity contribution in [3.8, 4) is 0 Å². The van der Waals surface area contributed by atoms with Crippen molar-refractivity contribution in [1.29, 1.82) is 0 Å². The Hall–Kier alpha value is -0.650. The van der Waals surface area contributed by atoms with Gasteiger partial charge in [-0.25, -0.2) is 0 Å². The molecule has 5 heteroatoms. The molecule has 0 saturated carbocycles. The van der Waals surface area contributed by atoms with Crippen molar-refractivity contribution in [2.45, 2.75) is 38.8 Å². The average molecular weight is 246 g/mol. The summed E-state index contributed by atoms with van der Waals surface area (Å²) in [6, 6.07) is -0.0134. The Kier molecular flexibility index (Phi) is 9.03. The van der Waals surface area contributed by atoms with E-state index in [1.54, 1.807) is 14.2 Å². The van der Waals surface area contributed by atoms with Crippen molar-refractivity contribution in [3.63, 3.8) is 0 Å². The number of nitrogens with one attached hydrogen (secondary N) is 1. The molecule has 0 saturated heterocycles. The van der Waals surface area contributed by atoms with Crippen LogP contribution < -0.4 is 5.32 Å². The first-order valence-electron chi connectivity index (χ1n) is 6.19. The lowest BCUT2D eigenvalue weighted by Gasteiger charge is -2.29. The molecule has 0 rings (SSSR count). The van der Waals surface area contributed by atoms with Crippen molar-refractivity contribution in [2.75, 3.05) is 33.9 Å². The number of carbonyl (C=O) groups is 1. The van der Waals surface area contributed by atoms with Gasteiger partial charge in [-0.05, 0) is 26.8 Å². The summed E-state index contributed by atoms with van der Waals surface area (Å²) in [6.45, 7) is 6.60. The van der Waals surface area contributed by atoms with E-state index in [1.165, 1.54) is 0 Å². The molecule has 0 heterocycles. The van der Waals surface area contributed by atoms with E-state index in [9.17, 15) is 4.79 Å². The fourth-order valence-corrected chi connectivity index (χ4v) is 1.71. The van der Waals surface area contributed by atoms with E-state index in [4.69, 9.17) is 9.84 Å². The smallest absolute Gasteiger partial charge is 0.320 e. The van der Waals surface area contributed by atoms with Crippen LogP contribution in [-0.4, -0.2) is 61.9 Å². The molecule has 0 aliphatic heterocycles. The van der Waals surface area contributed by atoms with Gasteiger partial charge in [0.1, 0.15) is 6.04 Å². The Balaban J connectivity index is 4.17. The van der Waals surface area contributed by atoms with E-state index < -0.39 is 12.0 Å². The molecule has 0 aromatic heterocycles. The van der Waals surface area contributed by atoms with Crippen molar-refractivity contribution < 1.29 is 14.6 Å². The molecule has 0 fully saturated rings. The van der Waals surface area contributed by atoms with E-state index in [0.717, 1.165) is 19.5 Å². The second-order valence-electron chi connectivity index (χ2n) is 4.25. The highest BCUT2D eigenvalue weighted by Crippen LogP contribution is 2.06. The summed E-state index contributed by atoms with van der Waals surface area (Å²) in [5.41, 5.74) is 0. The lowest BCUT2D eigenvalue weighted by Crippen LogP contribution is -2.41. The molecule has 17 heavy (non-hydrogen) atoms. The number of carboxylic acids is 1. The van der Waals surface area contributed by atoms with E-state index in [2.05, 4.69) is 24.1 Å². The molecule has 5 nitrogen and oxygen atoms in total. The number of carboxylic acid groups (broad SMARTS) is 1. The Morgan fingerprint density at radius 2 is 2.12 bits per heavy atom. The van der Waals surface area contributed by atoms with Crippen molar-refractivity contribution >= 4 is 5.97 Å². The minimum absolute atomic E-state index is 0.455. The molecule has 0 aromatic carbocycles. The van der Waals surface area contributed by atoms with Crippen molar-refractivity contribution in [2.24, 2.45) is 0 Å². The van der Waals surface area contributed by atoms with E-state index in [1.807, 2.05) is 0 Å². The summed E-state index contributed by atoms with van der Waals surface area (Å²) in [5.74, 6) is -0.789. The molecular weight excluding hydrogens is 220 g/mol. The first-order chi connectivity index (χ1) is 8.06. The van der Waals surface area contributed by atoms with Gasteiger partial charge >= 0.3 is 5.97 Å². The number of ether oxygens (including phenoxy) is 1. The summed E-state index contributed by atoms with van der Waals surface area (Å²) in [6.07, 6.45) is 1.67. The van der Waals surface area contributed by atoms with Crippen LogP contribution >= 0.6 is 0 Å². The highest BCUT2D eigenvalue weighted by molar-refractivity contribution is 5.73. The second kappa shape index (κ2) is 9.39. The fourth-order valence-electron chi connectivity index (χ4n) is 1.71. The maximum atomic E-state index is 10.9. The van der Waals surface area contributed by atoms with Gasteiger partial charge < -0.3 is 15.2 Å². The van der Waals surface area contributed by atoms with Crippen molar-refractivity contribution in [3.05, 3.63) is 0 Å². The van der Waals surface area contributed by atoms with Crippen LogP contribution in [0.15, 0.2) is 0 Å². The van der Waals surface area contributed by atoms with Crippen LogP contribution in [0.5, 0.6) is 0 Å². The third kappa shape index (κ3) is 6.61. The minimum Gasteiger partial charge on any atom is -0.480 e. The van der Waals surface area contributed by atoms with E-state index in [0.29, 0.717) is 19.1 Å². The zero-order valence-electron chi connectivity index (χ0n) is 11.4. The van der Waals surface area contributed by atoms with Crippen LogP contribution in [0.1, 0.15) is 26.7 Å². The van der Waals surface area contributed by atoms with Crippen LogP contribution in [-0.2, 0) is 9.53 Å². The van der Waals surface area contributed by atoms with Gasteiger partial charge in [-0.2, -0.15) is 0 Å². The van der Waals surface area contributed by atoms with Gasteiger partial charge in [0, 0.05) is 26.2 Å². The van der Waals surface area contributed by atoms with Gasteiger partial charge in [-0.1, -0.05) is 6.92 Å². The molecular formula is C12H26N2O3. The lowest BCUT2D eigenvalue weighted by atomic mass is 10.1.